The van der Waals surface area contributed by atoms with Gasteiger partial charge < -0.3 is 152 Å². The molecule has 4 radical (unpaired) electrons. The molecule has 30 nitrogen and oxygen atoms in total. The first-order valence-electron chi connectivity index (χ1n) is 19.8. The van der Waals surface area contributed by atoms with Gasteiger partial charge in [-0.3, -0.25) is 0 Å². The summed E-state index contributed by atoms with van der Waals surface area (Å²) in [7, 11) is 0. The molecule has 0 rings (SSSR count). The summed E-state index contributed by atoms with van der Waals surface area (Å²) in [6, 6.07) is 0. The number of aliphatic hydroxyl groups excluding tert-OH is 8. The molecule has 0 amide bonds. The van der Waals surface area contributed by atoms with Gasteiger partial charge in [0.15, 0.2) is 0 Å². The van der Waals surface area contributed by atoms with E-state index in [1.165, 1.54) is 0 Å². The van der Waals surface area contributed by atoms with Crippen LogP contribution in [0.3, 0.4) is 0 Å². The summed E-state index contributed by atoms with van der Waals surface area (Å²) in [5, 5.41) is 199. The van der Waals surface area contributed by atoms with E-state index in [4.69, 9.17) is 100 Å². The van der Waals surface area contributed by atoms with Gasteiger partial charge in [-0.2, -0.15) is 0 Å². The van der Waals surface area contributed by atoms with Crippen LogP contribution in [0.2, 0.25) is 0 Å². The number of carboxylic acid groups (broad SMARTS) is 6. The fraction of sp³-hybridized carbons (Fsp3) is 0.842. The fourth-order valence-electron chi connectivity index (χ4n) is 2.78. The van der Waals surface area contributed by atoms with Crippen LogP contribution in [-0.4, -0.2) is 217 Å². The molecule has 0 aromatic heterocycles. The Morgan fingerprint density at radius 2 is 0.417 bits per heavy atom. The molecule has 0 bridgehead atoms. The van der Waals surface area contributed by atoms with Gasteiger partial charge in [-0.1, -0.05) is 0 Å². The van der Waals surface area contributed by atoms with Gasteiger partial charge in [0.05, 0.1) is 39.6 Å². The molecule has 34 heteroatoms. The molecule has 0 fully saturated rings. The topological polar surface area (TPSA) is 589 Å². The Morgan fingerprint density at radius 3 is 0.500 bits per heavy atom. The third kappa shape index (κ3) is 107. The second-order valence-electron chi connectivity index (χ2n) is 12.9. The number of carbonyl (C=O) groups is 6. The second kappa shape index (κ2) is 81.0. The number of nitrogens with one attached hydrogen (secondary N) is 4. The summed E-state index contributed by atoms with van der Waals surface area (Å²) in [6.07, 6.45) is 0.951. The van der Waals surface area contributed by atoms with Crippen molar-refractivity contribution in [3.8, 4) is 0 Å². The molecule has 0 aromatic carbocycles. The van der Waals surface area contributed by atoms with Crippen LogP contribution >= 0.6 is 0 Å². The Kier molecular flexibility index (Phi) is 123. The largest absolute Gasteiger partial charge is 3.00 e. The Balaban J connectivity index is -0.0000000484. The minimum absolute atomic E-state index is 0. The van der Waals surface area contributed by atoms with Crippen LogP contribution in [0.1, 0.15) is 68.2 Å². The summed E-state index contributed by atoms with van der Waals surface area (Å²) in [5.41, 5.74) is -5.18. The summed E-state index contributed by atoms with van der Waals surface area (Å²) >= 11 is 0. The SMILES string of the molecule is CC(=O)[O-].CC(=O)[O-].CC(=O)[O-].CC(=O)[O-].CC(=O)[O-].CC(=O)[O-].CCO.CCO.[Dy+3].[Dy+3].[Dy+3].[Dy+3].[O-]CC(C[O-])(CO)NCCCNC(C[O-])(CO)CO.[O-]CC(C[O-])(CO)NCCCNC(C[O-])(CO)CO. The zero-order valence-electron chi connectivity index (χ0n) is 41.3. The van der Waals surface area contributed by atoms with Crippen molar-refractivity contribution >= 4 is 35.8 Å². The van der Waals surface area contributed by atoms with Crippen LogP contribution in [0.25, 0.3) is 0 Å². The molecular weight excluding hydrogens is 1580 g/mol. The Bertz CT molecular complexity index is 890. The van der Waals surface area contributed by atoms with E-state index in [9.17, 15) is 30.6 Å². The predicted molar refractivity (Wildman–Crippen MR) is 213 cm³/mol. The van der Waals surface area contributed by atoms with E-state index in [0.29, 0.717) is 39.0 Å². The molecule has 12 N–H and O–H groups in total. The number of carbonyl (C=O) groups excluding carboxylic acids is 6. The maximum absolute atomic E-state index is 10.9. The normalized spacial score (nSPS) is 9.42. The number of hydrogen-bond donors (Lipinski definition) is 12. The smallest absolute Gasteiger partial charge is 0.853 e. The third-order valence-electron chi connectivity index (χ3n) is 6.18. The van der Waals surface area contributed by atoms with Crippen molar-refractivity contribution in [2.45, 2.75) is 90.4 Å². The number of aliphatic carboxylic acids is 6. The summed E-state index contributed by atoms with van der Waals surface area (Å²) in [6.45, 7) is 3.89. The van der Waals surface area contributed by atoms with Gasteiger partial charge in [0.25, 0.3) is 0 Å². The average molecular weight is 1660 g/mol. The van der Waals surface area contributed by atoms with Gasteiger partial charge in [-0.05, 0) is 94.4 Å². The quantitative estimate of drug-likeness (QED) is 0.0399. The van der Waals surface area contributed by atoms with Crippen LogP contribution in [0.5, 0.6) is 0 Å². The van der Waals surface area contributed by atoms with E-state index in [1.54, 1.807) is 13.8 Å². The van der Waals surface area contributed by atoms with Gasteiger partial charge in [0, 0.05) is 71.2 Å². The van der Waals surface area contributed by atoms with E-state index in [-0.39, 0.29) is 166 Å². The van der Waals surface area contributed by atoms with Crippen LogP contribution < -0.4 is 82.5 Å². The molecule has 0 saturated carbocycles. The molecule has 0 atom stereocenters. The van der Waals surface area contributed by atoms with Crippen LogP contribution in [-0.2, 0) is 28.8 Å². The molecule has 0 aliphatic heterocycles. The molecule has 0 aliphatic rings. The fourth-order valence-corrected chi connectivity index (χ4v) is 2.78. The minimum atomic E-state index is -1.34. The zero-order valence-corrected chi connectivity index (χ0v) is 49.4. The van der Waals surface area contributed by atoms with E-state index in [1.807, 2.05) is 0 Å². The van der Waals surface area contributed by atoms with Gasteiger partial charge in [0.2, 0.25) is 0 Å². The van der Waals surface area contributed by atoms with E-state index >= 15 is 0 Å². The predicted octanol–water partition coefficient (Wildman–Crippen LogP) is -19.3. The first-order valence-corrected chi connectivity index (χ1v) is 19.8. The number of aliphatic hydroxyl groups is 8. The standard InChI is InChI=1S/2C11H23N2O6.6C2H4O2.2C2H6O.4Dy/c2*14-4-10(5-15,6-16)12-2-1-3-13-11(7-17,8-18)9-19;6*1-2(3)4;2*1-2-3;;;;/h2*12-15,17H,1-9H2;6*1H3,(H,3,4);2*3H,2H2,1H3;;;;/q2*-3;;;;;;;;;4*+3/p-6. The zero-order chi connectivity index (χ0) is 56.4. The molecule has 0 saturated heterocycles. The van der Waals surface area contributed by atoms with Gasteiger partial charge in [-0.15, -0.1) is 39.6 Å². The maximum atomic E-state index is 10.9. The molecular formula is C38H76Dy4N4O26. The number of hydrogen-bond acceptors (Lipinski definition) is 30. The van der Waals surface area contributed by atoms with Crippen molar-refractivity contribution in [2.75, 3.05) is 119 Å². The molecule has 444 valence electrons. The van der Waals surface area contributed by atoms with Gasteiger partial charge in [-0.25, -0.2) is 0 Å². The molecule has 0 unspecified atom stereocenters. The van der Waals surface area contributed by atoms with Gasteiger partial charge >= 0.3 is 153 Å². The van der Waals surface area contributed by atoms with Crippen molar-refractivity contribution in [3.05, 3.63) is 0 Å². The summed E-state index contributed by atoms with van der Waals surface area (Å²) < 4.78 is 0. The maximum Gasteiger partial charge on any atom is 3.00 e. The molecule has 0 heterocycles. The number of carboxylic acids is 6. The monoisotopic (exact) mass is 1660 g/mol. The van der Waals surface area contributed by atoms with Crippen molar-refractivity contribution in [1.82, 2.24) is 21.3 Å². The average Bonchev–Trinajstić information content (AvgIpc) is 3.24. The second-order valence-corrected chi connectivity index (χ2v) is 12.9. The van der Waals surface area contributed by atoms with Crippen molar-refractivity contribution in [2.24, 2.45) is 0 Å². The van der Waals surface area contributed by atoms with Crippen LogP contribution in [0, 0.1) is 153 Å². The first-order chi connectivity index (χ1) is 31.4. The first kappa shape index (κ1) is 109. The Hall–Kier alpha value is 1.19. The third-order valence-corrected chi connectivity index (χ3v) is 6.18. The molecule has 0 aliphatic carbocycles. The summed E-state index contributed by atoms with van der Waals surface area (Å²) in [4.78, 5) is 53.3. The minimum Gasteiger partial charge on any atom is -0.853 e. The molecule has 0 aromatic rings. The van der Waals surface area contributed by atoms with Crippen molar-refractivity contribution in [3.63, 3.8) is 0 Å². The van der Waals surface area contributed by atoms with Crippen molar-refractivity contribution in [1.29, 1.82) is 0 Å². The molecule has 72 heavy (non-hydrogen) atoms. The molecule has 0 spiro atoms. The number of rotatable bonds is 24. The summed E-state index contributed by atoms with van der Waals surface area (Å²) in [5.74, 6) is -6.50. The van der Waals surface area contributed by atoms with Gasteiger partial charge in [0.1, 0.15) is 0 Å². The Labute approximate surface area is 542 Å². The van der Waals surface area contributed by atoms with E-state index in [2.05, 4.69) is 21.3 Å². The van der Waals surface area contributed by atoms with Crippen LogP contribution in [0.15, 0.2) is 0 Å². The van der Waals surface area contributed by atoms with E-state index in [0.717, 1.165) is 41.5 Å². The van der Waals surface area contributed by atoms with Crippen LogP contribution in [0.4, 0.5) is 0 Å². The van der Waals surface area contributed by atoms with Crippen molar-refractivity contribution < 1.29 is 284 Å². The Morgan fingerprint density at radius 1 is 0.319 bits per heavy atom. The van der Waals surface area contributed by atoms with E-state index < -0.39 is 137 Å².